The molecule has 0 unspecified atom stereocenters. The van der Waals surface area contributed by atoms with Gasteiger partial charge in [-0.3, -0.25) is 9.59 Å². The minimum atomic E-state index is -0.301. The van der Waals surface area contributed by atoms with Crippen molar-refractivity contribution in [1.29, 1.82) is 0 Å². The number of aromatic amines is 1. The summed E-state index contributed by atoms with van der Waals surface area (Å²) in [6, 6.07) is 11.3. The molecule has 1 aliphatic carbocycles. The summed E-state index contributed by atoms with van der Waals surface area (Å²) in [6.07, 6.45) is 4.36. The SMILES string of the molecule is Cc1cc(NC(=O)CC2(c3nc4ccc(Cl)cc4[nH]3)CCCC2)ccc1N1CCOCC1=O. The van der Waals surface area contributed by atoms with Crippen molar-refractivity contribution in [3.8, 4) is 0 Å². The molecule has 2 amide bonds. The molecule has 5 rings (SSSR count). The van der Waals surface area contributed by atoms with E-state index in [1.807, 2.05) is 43.3 Å². The summed E-state index contributed by atoms with van der Waals surface area (Å²) in [7, 11) is 0. The normalized spacial score (nSPS) is 18.1. The number of anilines is 2. The lowest BCUT2D eigenvalue weighted by atomic mass is 9.81. The molecule has 2 fully saturated rings. The number of benzene rings is 2. The third kappa shape index (κ3) is 4.35. The number of nitrogens with zero attached hydrogens (tertiary/aromatic N) is 2. The van der Waals surface area contributed by atoms with Crippen LogP contribution in [0.3, 0.4) is 0 Å². The number of halogens is 1. The van der Waals surface area contributed by atoms with Crippen LogP contribution in [-0.2, 0) is 19.7 Å². The minimum Gasteiger partial charge on any atom is -0.370 e. The number of nitrogens with one attached hydrogen (secondary N) is 2. The number of imidazole rings is 1. The van der Waals surface area contributed by atoms with Crippen molar-refractivity contribution in [1.82, 2.24) is 9.97 Å². The van der Waals surface area contributed by atoms with E-state index in [-0.39, 0.29) is 23.8 Å². The molecule has 0 radical (unpaired) electrons. The van der Waals surface area contributed by atoms with Crippen molar-refractivity contribution in [3.05, 3.63) is 52.8 Å². The van der Waals surface area contributed by atoms with E-state index in [9.17, 15) is 9.59 Å². The second kappa shape index (κ2) is 8.80. The molecule has 1 saturated carbocycles. The first kappa shape index (κ1) is 21.9. The van der Waals surface area contributed by atoms with Crippen LogP contribution >= 0.6 is 11.6 Å². The first-order chi connectivity index (χ1) is 15.9. The summed E-state index contributed by atoms with van der Waals surface area (Å²) in [5, 5.41) is 3.72. The van der Waals surface area contributed by atoms with E-state index in [1.165, 1.54) is 0 Å². The van der Waals surface area contributed by atoms with E-state index in [4.69, 9.17) is 21.3 Å². The quantitative estimate of drug-likeness (QED) is 0.569. The monoisotopic (exact) mass is 466 g/mol. The van der Waals surface area contributed by atoms with Gasteiger partial charge in [-0.1, -0.05) is 24.4 Å². The minimum absolute atomic E-state index is 0.0370. The Morgan fingerprint density at radius 1 is 1.24 bits per heavy atom. The van der Waals surface area contributed by atoms with E-state index in [0.717, 1.165) is 59.5 Å². The van der Waals surface area contributed by atoms with E-state index in [0.29, 0.717) is 24.6 Å². The van der Waals surface area contributed by atoms with Crippen LogP contribution in [0, 0.1) is 6.92 Å². The summed E-state index contributed by atoms with van der Waals surface area (Å²) in [5.74, 6) is 0.784. The molecule has 2 aliphatic rings. The average molecular weight is 467 g/mol. The highest BCUT2D eigenvalue weighted by Crippen LogP contribution is 2.43. The number of carbonyl (C=O) groups is 2. The second-order valence-electron chi connectivity index (χ2n) is 9.06. The Kier molecular flexibility index (Phi) is 5.85. The zero-order chi connectivity index (χ0) is 23.0. The number of hydrogen-bond donors (Lipinski definition) is 2. The van der Waals surface area contributed by atoms with Crippen LogP contribution < -0.4 is 10.2 Å². The fourth-order valence-corrected chi connectivity index (χ4v) is 5.28. The van der Waals surface area contributed by atoms with Crippen molar-refractivity contribution in [2.24, 2.45) is 0 Å². The van der Waals surface area contributed by atoms with E-state index >= 15 is 0 Å². The number of H-pyrrole nitrogens is 1. The third-order valence-electron chi connectivity index (χ3n) is 6.76. The van der Waals surface area contributed by atoms with Crippen LogP contribution in [-0.4, -0.2) is 41.5 Å². The summed E-state index contributed by atoms with van der Waals surface area (Å²) >= 11 is 6.14. The Bertz CT molecular complexity index is 1220. The lowest BCUT2D eigenvalue weighted by molar-refractivity contribution is -0.125. The lowest BCUT2D eigenvalue weighted by Gasteiger charge is -2.28. The molecular weight excluding hydrogens is 440 g/mol. The van der Waals surface area contributed by atoms with Gasteiger partial charge in [0.05, 0.1) is 17.6 Å². The molecule has 3 aromatic rings. The van der Waals surface area contributed by atoms with Gasteiger partial charge in [0.2, 0.25) is 5.91 Å². The molecule has 1 saturated heterocycles. The molecule has 0 spiro atoms. The zero-order valence-electron chi connectivity index (χ0n) is 18.6. The van der Waals surface area contributed by atoms with Gasteiger partial charge in [-0.2, -0.15) is 0 Å². The molecule has 1 aromatic heterocycles. The van der Waals surface area contributed by atoms with E-state index in [2.05, 4.69) is 10.3 Å². The van der Waals surface area contributed by atoms with Crippen LogP contribution in [0.4, 0.5) is 11.4 Å². The molecule has 7 nitrogen and oxygen atoms in total. The lowest BCUT2D eigenvalue weighted by Crippen LogP contribution is -2.42. The largest absolute Gasteiger partial charge is 0.370 e. The Balaban J connectivity index is 1.33. The number of morpholine rings is 1. The molecule has 2 aromatic carbocycles. The van der Waals surface area contributed by atoms with Gasteiger partial charge in [0.15, 0.2) is 0 Å². The molecule has 2 heterocycles. The van der Waals surface area contributed by atoms with Gasteiger partial charge in [-0.15, -0.1) is 0 Å². The number of aromatic nitrogens is 2. The number of hydrogen-bond acceptors (Lipinski definition) is 4. The Morgan fingerprint density at radius 2 is 2.06 bits per heavy atom. The first-order valence-electron chi connectivity index (χ1n) is 11.4. The Labute approximate surface area is 197 Å². The highest BCUT2D eigenvalue weighted by molar-refractivity contribution is 6.31. The fraction of sp³-hybridized carbons (Fsp3) is 0.400. The number of ether oxygens (including phenoxy) is 1. The van der Waals surface area contributed by atoms with Crippen molar-refractivity contribution in [2.45, 2.75) is 44.4 Å². The van der Waals surface area contributed by atoms with E-state index < -0.39 is 0 Å². The highest BCUT2D eigenvalue weighted by atomic mass is 35.5. The second-order valence-corrected chi connectivity index (χ2v) is 9.49. The van der Waals surface area contributed by atoms with Crippen molar-refractivity contribution in [2.75, 3.05) is 30.0 Å². The fourth-order valence-electron chi connectivity index (χ4n) is 5.10. The van der Waals surface area contributed by atoms with Gasteiger partial charge in [0, 0.05) is 34.8 Å². The Hall–Kier alpha value is -2.90. The van der Waals surface area contributed by atoms with E-state index in [1.54, 1.807) is 4.90 Å². The number of amides is 2. The van der Waals surface area contributed by atoms with Crippen LogP contribution in [0.2, 0.25) is 5.02 Å². The molecule has 0 bridgehead atoms. The van der Waals surface area contributed by atoms with Gasteiger partial charge in [0.1, 0.15) is 12.4 Å². The standard InChI is InChI=1S/C25H27ClN4O3/c1-16-12-18(5-7-21(16)30-10-11-33-15-23(30)32)27-22(31)14-25(8-2-3-9-25)24-28-19-6-4-17(26)13-20(19)29-24/h4-7,12-13H,2-3,8-11,14-15H2,1H3,(H,27,31)(H,28,29). The summed E-state index contributed by atoms with van der Waals surface area (Å²) in [4.78, 5) is 35.3. The molecule has 1 aliphatic heterocycles. The maximum Gasteiger partial charge on any atom is 0.253 e. The molecule has 33 heavy (non-hydrogen) atoms. The predicted molar refractivity (Wildman–Crippen MR) is 129 cm³/mol. The number of aryl methyl sites for hydroxylation is 1. The smallest absolute Gasteiger partial charge is 0.253 e. The van der Waals surface area contributed by atoms with Gasteiger partial charge in [0.25, 0.3) is 5.91 Å². The molecule has 8 heteroatoms. The molecular formula is C25H27ClN4O3. The number of rotatable bonds is 5. The highest BCUT2D eigenvalue weighted by Gasteiger charge is 2.40. The number of fused-ring (bicyclic) bond motifs is 1. The van der Waals surface area contributed by atoms with Gasteiger partial charge >= 0.3 is 0 Å². The van der Waals surface area contributed by atoms with Crippen molar-refractivity contribution in [3.63, 3.8) is 0 Å². The van der Waals surface area contributed by atoms with Crippen LogP contribution in [0.1, 0.15) is 43.5 Å². The topological polar surface area (TPSA) is 87.3 Å². The van der Waals surface area contributed by atoms with Crippen LogP contribution in [0.15, 0.2) is 36.4 Å². The van der Waals surface area contributed by atoms with Crippen molar-refractivity contribution < 1.29 is 14.3 Å². The van der Waals surface area contributed by atoms with Gasteiger partial charge in [-0.25, -0.2) is 4.98 Å². The average Bonchev–Trinajstić information content (AvgIpc) is 3.42. The number of carbonyl (C=O) groups excluding carboxylic acids is 2. The van der Waals surface area contributed by atoms with Crippen molar-refractivity contribution >= 4 is 45.8 Å². The Morgan fingerprint density at radius 3 is 2.82 bits per heavy atom. The predicted octanol–water partition coefficient (Wildman–Crippen LogP) is 4.73. The van der Waals surface area contributed by atoms with Gasteiger partial charge in [-0.05, 0) is 61.7 Å². The zero-order valence-corrected chi connectivity index (χ0v) is 19.4. The first-order valence-corrected chi connectivity index (χ1v) is 11.8. The molecule has 0 atom stereocenters. The van der Waals surface area contributed by atoms with Crippen LogP contribution in [0.5, 0.6) is 0 Å². The molecule has 172 valence electrons. The van der Waals surface area contributed by atoms with Gasteiger partial charge < -0.3 is 19.9 Å². The summed E-state index contributed by atoms with van der Waals surface area (Å²) in [5.41, 5.74) is 3.98. The summed E-state index contributed by atoms with van der Waals surface area (Å²) in [6.45, 7) is 3.12. The third-order valence-corrected chi connectivity index (χ3v) is 7.00. The summed E-state index contributed by atoms with van der Waals surface area (Å²) < 4.78 is 5.22. The van der Waals surface area contributed by atoms with Crippen LogP contribution in [0.25, 0.3) is 11.0 Å². The maximum atomic E-state index is 13.1. The molecule has 2 N–H and O–H groups in total. The maximum absolute atomic E-state index is 13.1.